The molecular formula is C25H22ClN3O3. The Bertz CT molecular complexity index is 1390. The number of aryl methyl sites for hydroxylation is 1. The smallest absolute Gasteiger partial charge is 0.332 e. The summed E-state index contributed by atoms with van der Waals surface area (Å²) in [5.41, 5.74) is 2.38. The molecule has 6 nitrogen and oxygen atoms in total. The normalized spacial score (nSPS) is 10.9. The van der Waals surface area contributed by atoms with Crippen LogP contribution in [0, 0.1) is 6.92 Å². The van der Waals surface area contributed by atoms with Crippen LogP contribution in [0.1, 0.15) is 16.7 Å². The predicted molar refractivity (Wildman–Crippen MR) is 126 cm³/mol. The van der Waals surface area contributed by atoms with E-state index in [2.05, 4.69) is 5.32 Å². The molecular weight excluding hydrogens is 426 g/mol. The summed E-state index contributed by atoms with van der Waals surface area (Å²) >= 11 is 5.94. The van der Waals surface area contributed by atoms with Crippen LogP contribution in [0.15, 0.2) is 82.4 Å². The summed E-state index contributed by atoms with van der Waals surface area (Å²) in [5.74, 6) is -0.311. The summed E-state index contributed by atoms with van der Waals surface area (Å²) in [6.07, 6.45) is 0. The minimum Gasteiger partial charge on any atom is -0.350 e. The average Bonchev–Trinajstić information content (AvgIpc) is 2.80. The molecule has 0 unspecified atom stereocenters. The first-order valence-electron chi connectivity index (χ1n) is 10.2. The number of para-hydroxylation sites is 1. The quantitative estimate of drug-likeness (QED) is 0.491. The van der Waals surface area contributed by atoms with E-state index in [1.165, 1.54) is 4.57 Å². The molecule has 0 radical (unpaired) electrons. The number of benzene rings is 3. The molecule has 0 fully saturated rings. The Hall–Kier alpha value is -3.64. The van der Waals surface area contributed by atoms with Crippen molar-refractivity contribution in [3.63, 3.8) is 0 Å². The summed E-state index contributed by atoms with van der Waals surface area (Å²) < 4.78 is 2.50. The third kappa shape index (κ3) is 4.65. The molecule has 0 atom stereocenters. The van der Waals surface area contributed by atoms with Gasteiger partial charge in [-0.3, -0.25) is 18.7 Å². The van der Waals surface area contributed by atoms with Crippen molar-refractivity contribution in [2.45, 2.75) is 26.6 Å². The third-order valence-electron chi connectivity index (χ3n) is 5.30. The number of nitrogens with zero attached hydrogens (tertiary/aromatic N) is 2. The monoisotopic (exact) mass is 447 g/mol. The second-order valence-corrected chi connectivity index (χ2v) is 8.10. The van der Waals surface area contributed by atoms with E-state index in [9.17, 15) is 14.4 Å². The number of nitrogens with one attached hydrogen (secondary N) is 1. The summed E-state index contributed by atoms with van der Waals surface area (Å²) in [5, 5.41) is 3.80. The zero-order chi connectivity index (χ0) is 22.7. The van der Waals surface area contributed by atoms with E-state index in [0.29, 0.717) is 22.5 Å². The lowest BCUT2D eigenvalue weighted by Gasteiger charge is -2.14. The summed E-state index contributed by atoms with van der Waals surface area (Å²) in [7, 11) is 0. The largest absolute Gasteiger partial charge is 0.350 e. The molecule has 0 aliphatic rings. The van der Waals surface area contributed by atoms with Crippen molar-refractivity contribution in [3.8, 4) is 0 Å². The lowest BCUT2D eigenvalue weighted by atomic mass is 10.1. The van der Waals surface area contributed by atoms with Gasteiger partial charge in [-0.25, -0.2) is 4.79 Å². The predicted octanol–water partition coefficient (Wildman–Crippen LogP) is 3.49. The molecule has 32 heavy (non-hydrogen) atoms. The van der Waals surface area contributed by atoms with Gasteiger partial charge < -0.3 is 5.32 Å². The maximum atomic E-state index is 13.2. The van der Waals surface area contributed by atoms with Crippen molar-refractivity contribution in [2.75, 3.05) is 0 Å². The van der Waals surface area contributed by atoms with Crippen molar-refractivity contribution < 1.29 is 4.79 Å². The van der Waals surface area contributed by atoms with Gasteiger partial charge in [0.1, 0.15) is 6.54 Å². The number of carbonyl (C=O) groups is 1. The first kappa shape index (κ1) is 21.6. The van der Waals surface area contributed by atoms with Gasteiger partial charge in [-0.2, -0.15) is 0 Å². The lowest BCUT2D eigenvalue weighted by Crippen LogP contribution is -2.42. The first-order chi connectivity index (χ1) is 15.4. The number of aromatic nitrogens is 2. The second kappa shape index (κ2) is 9.24. The van der Waals surface area contributed by atoms with Gasteiger partial charge in [0, 0.05) is 11.6 Å². The van der Waals surface area contributed by atoms with Gasteiger partial charge >= 0.3 is 5.69 Å². The lowest BCUT2D eigenvalue weighted by molar-refractivity contribution is -0.121. The van der Waals surface area contributed by atoms with Gasteiger partial charge in [-0.1, -0.05) is 65.7 Å². The van der Waals surface area contributed by atoms with E-state index >= 15 is 0 Å². The number of rotatable bonds is 6. The number of carbonyl (C=O) groups excluding carboxylic acids is 1. The minimum absolute atomic E-state index is 0.0880. The molecule has 0 aliphatic carbocycles. The Balaban J connectivity index is 1.66. The fourth-order valence-electron chi connectivity index (χ4n) is 3.54. The molecule has 4 rings (SSSR count). The van der Waals surface area contributed by atoms with Crippen LogP contribution in [-0.4, -0.2) is 15.0 Å². The highest BCUT2D eigenvalue weighted by Crippen LogP contribution is 2.11. The van der Waals surface area contributed by atoms with E-state index in [1.807, 2.05) is 31.2 Å². The van der Waals surface area contributed by atoms with Crippen LogP contribution in [0.2, 0.25) is 5.02 Å². The average molecular weight is 448 g/mol. The van der Waals surface area contributed by atoms with Crippen LogP contribution in [0.5, 0.6) is 0 Å². The van der Waals surface area contributed by atoms with Gasteiger partial charge in [0.05, 0.1) is 17.4 Å². The Kier molecular flexibility index (Phi) is 6.23. The Morgan fingerprint density at radius 2 is 1.53 bits per heavy atom. The van der Waals surface area contributed by atoms with Crippen LogP contribution in [-0.2, 0) is 24.4 Å². The SMILES string of the molecule is Cc1ccc(CNC(=O)Cn2c(=O)n(Cc3ccc(Cl)cc3)c(=O)c3ccccc32)cc1. The van der Waals surface area contributed by atoms with E-state index in [0.717, 1.165) is 21.3 Å². The maximum absolute atomic E-state index is 13.2. The fraction of sp³-hybridized carbons (Fsp3) is 0.160. The third-order valence-corrected chi connectivity index (χ3v) is 5.55. The van der Waals surface area contributed by atoms with Gasteiger partial charge in [-0.05, 0) is 42.3 Å². The van der Waals surface area contributed by atoms with Crippen LogP contribution in [0.4, 0.5) is 0 Å². The van der Waals surface area contributed by atoms with E-state index in [-0.39, 0.29) is 19.0 Å². The Labute approximate surface area is 189 Å². The molecule has 0 aliphatic heterocycles. The van der Waals surface area contributed by atoms with Gasteiger partial charge in [0.25, 0.3) is 5.56 Å². The van der Waals surface area contributed by atoms with Crippen molar-refractivity contribution in [1.29, 1.82) is 0 Å². The fourth-order valence-corrected chi connectivity index (χ4v) is 3.67. The molecule has 0 saturated heterocycles. The van der Waals surface area contributed by atoms with E-state index in [4.69, 9.17) is 11.6 Å². The number of halogens is 1. The molecule has 162 valence electrons. The van der Waals surface area contributed by atoms with Crippen molar-refractivity contribution >= 4 is 28.4 Å². The summed E-state index contributed by atoms with van der Waals surface area (Å²) in [6, 6.07) is 21.6. The van der Waals surface area contributed by atoms with Crippen LogP contribution < -0.4 is 16.6 Å². The van der Waals surface area contributed by atoms with Crippen molar-refractivity contribution in [2.24, 2.45) is 0 Å². The van der Waals surface area contributed by atoms with Gasteiger partial charge in [0.15, 0.2) is 0 Å². The topological polar surface area (TPSA) is 73.1 Å². The zero-order valence-corrected chi connectivity index (χ0v) is 18.3. The van der Waals surface area contributed by atoms with E-state index in [1.54, 1.807) is 48.5 Å². The van der Waals surface area contributed by atoms with Crippen LogP contribution >= 0.6 is 11.6 Å². The molecule has 3 aromatic carbocycles. The Morgan fingerprint density at radius 1 is 0.875 bits per heavy atom. The standard InChI is InChI=1S/C25H22ClN3O3/c1-17-6-8-18(9-7-17)14-27-23(30)16-28-22-5-3-2-4-21(22)24(31)29(25(28)32)15-19-10-12-20(26)13-11-19/h2-13H,14-16H2,1H3,(H,27,30). The summed E-state index contributed by atoms with van der Waals surface area (Å²) in [6.45, 7) is 2.26. The van der Waals surface area contributed by atoms with Gasteiger partial charge in [-0.15, -0.1) is 0 Å². The zero-order valence-electron chi connectivity index (χ0n) is 17.5. The number of hydrogen-bond donors (Lipinski definition) is 1. The minimum atomic E-state index is -0.533. The molecule has 1 amide bonds. The highest BCUT2D eigenvalue weighted by Gasteiger charge is 2.15. The molecule has 4 aromatic rings. The molecule has 1 heterocycles. The number of fused-ring (bicyclic) bond motifs is 1. The molecule has 0 saturated carbocycles. The number of amides is 1. The highest BCUT2D eigenvalue weighted by atomic mass is 35.5. The van der Waals surface area contributed by atoms with Crippen LogP contribution in [0.25, 0.3) is 10.9 Å². The van der Waals surface area contributed by atoms with Gasteiger partial charge in [0.2, 0.25) is 5.91 Å². The molecule has 1 N–H and O–H groups in total. The molecule has 0 spiro atoms. The summed E-state index contributed by atoms with van der Waals surface area (Å²) in [4.78, 5) is 38.9. The second-order valence-electron chi connectivity index (χ2n) is 7.67. The molecule has 7 heteroatoms. The van der Waals surface area contributed by atoms with Crippen molar-refractivity contribution in [3.05, 3.63) is 115 Å². The van der Waals surface area contributed by atoms with Crippen LogP contribution in [0.3, 0.4) is 0 Å². The maximum Gasteiger partial charge on any atom is 0.332 e. The highest BCUT2D eigenvalue weighted by molar-refractivity contribution is 6.30. The van der Waals surface area contributed by atoms with E-state index < -0.39 is 11.2 Å². The molecule has 0 bridgehead atoms. The van der Waals surface area contributed by atoms with Crippen molar-refractivity contribution in [1.82, 2.24) is 14.5 Å². The number of hydrogen-bond acceptors (Lipinski definition) is 3. The Morgan fingerprint density at radius 3 is 2.25 bits per heavy atom. The first-order valence-corrected chi connectivity index (χ1v) is 10.6. The molecule has 1 aromatic heterocycles.